The van der Waals surface area contributed by atoms with Gasteiger partial charge in [0.1, 0.15) is 5.75 Å². The third-order valence-corrected chi connectivity index (χ3v) is 4.02. The van der Waals surface area contributed by atoms with E-state index >= 15 is 0 Å². The summed E-state index contributed by atoms with van der Waals surface area (Å²) in [4.78, 5) is 27.8. The van der Waals surface area contributed by atoms with Crippen molar-refractivity contribution in [3.05, 3.63) is 94.2 Å². The number of carbonyl (C=O) groups is 2. The molecule has 0 aliphatic rings. The molecule has 134 valence electrons. The Morgan fingerprint density at radius 1 is 0.926 bits per heavy atom. The Balaban J connectivity index is 1.56. The molecule has 0 radical (unpaired) electrons. The van der Waals surface area contributed by atoms with Gasteiger partial charge in [0.25, 0.3) is 5.91 Å². The van der Waals surface area contributed by atoms with E-state index in [-0.39, 0.29) is 5.91 Å². The van der Waals surface area contributed by atoms with Crippen LogP contribution in [0.25, 0.3) is 0 Å². The Morgan fingerprint density at radius 2 is 1.59 bits per heavy atom. The molecule has 0 unspecified atom stereocenters. The first-order valence-electron chi connectivity index (χ1n) is 7.93. The Kier molecular flexibility index (Phi) is 6.06. The molecule has 0 saturated heterocycles. The lowest BCUT2D eigenvalue weighted by Crippen LogP contribution is -2.17. The van der Waals surface area contributed by atoms with Gasteiger partial charge in [-0.3, -0.25) is 9.78 Å². The van der Waals surface area contributed by atoms with Crippen molar-refractivity contribution in [2.24, 2.45) is 5.10 Å². The molecule has 1 aromatic heterocycles. The fourth-order valence-corrected chi connectivity index (χ4v) is 2.37. The zero-order chi connectivity index (χ0) is 19.1. The Bertz CT molecular complexity index is 956. The predicted molar refractivity (Wildman–Crippen MR) is 105 cm³/mol. The van der Waals surface area contributed by atoms with Crippen molar-refractivity contribution >= 4 is 34.0 Å². The largest absolute Gasteiger partial charge is 0.423 e. The summed E-state index contributed by atoms with van der Waals surface area (Å²) in [6.07, 6.45) is 4.57. The molecule has 0 fully saturated rings. The fraction of sp³-hybridized carbons (Fsp3) is 0. The third-order valence-electron chi connectivity index (χ3n) is 3.49. The van der Waals surface area contributed by atoms with E-state index in [4.69, 9.17) is 4.74 Å². The number of pyridine rings is 1. The average Bonchev–Trinajstić information content (AvgIpc) is 2.70. The first kappa shape index (κ1) is 18.5. The van der Waals surface area contributed by atoms with E-state index in [0.717, 1.165) is 10.0 Å². The summed E-state index contributed by atoms with van der Waals surface area (Å²) in [7, 11) is 0. The Hall–Kier alpha value is -3.32. The van der Waals surface area contributed by atoms with Crippen LogP contribution >= 0.6 is 15.9 Å². The van der Waals surface area contributed by atoms with Gasteiger partial charge in [0.05, 0.1) is 11.8 Å². The number of esters is 1. The summed E-state index contributed by atoms with van der Waals surface area (Å²) >= 11 is 3.32. The lowest BCUT2D eigenvalue weighted by molar-refractivity contribution is 0.0734. The summed E-state index contributed by atoms with van der Waals surface area (Å²) in [5, 5.41) is 3.91. The summed E-state index contributed by atoms with van der Waals surface area (Å²) in [6, 6.07) is 16.9. The van der Waals surface area contributed by atoms with E-state index < -0.39 is 5.97 Å². The number of halogens is 1. The summed E-state index contributed by atoms with van der Waals surface area (Å²) in [6.45, 7) is 0. The number of ether oxygens (including phenoxy) is 1. The van der Waals surface area contributed by atoms with Crippen LogP contribution in [0.15, 0.2) is 82.6 Å². The zero-order valence-corrected chi connectivity index (χ0v) is 15.6. The maximum Gasteiger partial charge on any atom is 0.343 e. The smallest absolute Gasteiger partial charge is 0.343 e. The molecule has 3 aromatic rings. The van der Waals surface area contributed by atoms with Crippen LogP contribution in [-0.2, 0) is 0 Å². The molecule has 6 nitrogen and oxygen atoms in total. The van der Waals surface area contributed by atoms with Crippen LogP contribution in [0.5, 0.6) is 5.75 Å². The van der Waals surface area contributed by atoms with Crippen LogP contribution < -0.4 is 10.2 Å². The quantitative estimate of drug-likeness (QED) is 0.292. The number of hydrazone groups is 1. The van der Waals surface area contributed by atoms with Crippen molar-refractivity contribution < 1.29 is 14.3 Å². The number of benzene rings is 2. The van der Waals surface area contributed by atoms with Crippen molar-refractivity contribution in [2.75, 3.05) is 0 Å². The number of aromatic nitrogens is 1. The second-order valence-corrected chi connectivity index (χ2v) is 6.32. The van der Waals surface area contributed by atoms with Gasteiger partial charge in [0.2, 0.25) is 0 Å². The maximum absolute atomic E-state index is 12.1. The Morgan fingerprint density at radius 3 is 2.26 bits per heavy atom. The summed E-state index contributed by atoms with van der Waals surface area (Å²) in [5.41, 5.74) is 4.11. The minimum absolute atomic E-state index is 0.325. The van der Waals surface area contributed by atoms with Gasteiger partial charge < -0.3 is 4.74 Å². The van der Waals surface area contributed by atoms with Gasteiger partial charge in [-0.05, 0) is 66.2 Å². The molecule has 0 saturated carbocycles. The second-order valence-electron chi connectivity index (χ2n) is 5.40. The highest BCUT2D eigenvalue weighted by atomic mass is 79.9. The van der Waals surface area contributed by atoms with Crippen LogP contribution in [-0.4, -0.2) is 23.1 Å². The minimum atomic E-state index is -0.437. The standard InChI is InChI=1S/C20H14BrN3O3/c21-17-5-3-16(4-6-17)20(26)27-18-7-1-14(2-8-18)13-23-24-19(25)15-9-11-22-12-10-15/h1-13H,(H,24,25)/b23-13-. The molecule has 1 N–H and O–H groups in total. The number of amides is 1. The van der Waals surface area contributed by atoms with Gasteiger partial charge in [-0.25, -0.2) is 10.2 Å². The lowest BCUT2D eigenvalue weighted by Gasteiger charge is -2.05. The molecule has 0 aliphatic carbocycles. The molecule has 0 bridgehead atoms. The second kappa shape index (κ2) is 8.86. The van der Waals surface area contributed by atoms with Crippen molar-refractivity contribution in [3.8, 4) is 5.75 Å². The van der Waals surface area contributed by atoms with Crippen molar-refractivity contribution in [2.45, 2.75) is 0 Å². The molecular formula is C20H14BrN3O3. The molecule has 0 aliphatic heterocycles. The van der Waals surface area contributed by atoms with E-state index in [1.54, 1.807) is 60.7 Å². The van der Waals surface area contributed by atoms with Gasteiger partial charge in [-0.1, -0.05) is 15.9 Å². The van der Waals surface area contributed by atoms with Crippen LogP contribution in [0.2, 0.25) is 0 Å². The number of nitrogens with zero attached hydrogens (tertiary/aromatic N) is 2. The van der Waals surface area contributed by atoms with Crippen LogP contribution in [0, 0.1) is 0 Å². The molecule has 2 aromatic carbocycles. The lowest BCUT2D eigenvalue weighted by atomic mass is 10.2. The number of hydrogen-bond donors (Lipinski definition) is 1. The average molecular weight is 424 g/mol. The number of nitrogens with one attached hydrogen (secondary N) is 1. The highest BCUT2D eigenvalue weighted by Crippen LogP contribution is 2.15. The normalized spacial score (nSPS) is 10.6. The van der Waals surface area contributed by atoms with Gasteiger partial charge >= 0.3 is 5.97 Å². The van der Waals surface area contributed by atoms with Crippen molar-refractivity contribution in [1.82, 2.24) is 10.4 Å². The van der Waals surface area contributed by atoms with E-state index in [0.29, 0.717) is 16.9 Å². The fourth-order valence-electron chi connectivity index (χ4n) is 2.11. The molecule has 3 rings (SSSR count). The van der Waals surface area contributed by atoms with Gasteiger partial charge in [0, 0.05) is 22.4 Å². The van der Waals surface area contributed by atoms with Crippen molar-refractivity contribution in [1.29, 1.82) is 0 Å². The van der Waals surface area contributed by atoms with E-state index in [1.165, 1.54) is 18.6 Å². The zero-order valence-electron chi connectivity index (χ0n) is 14.0. The number of rotatable bonds is 5. The SMILES string of the molecule is O=C(N/N=C\c1ccc(OC(=O)c2ccc(Br)cc2)cc1)c1ccncc1. The van der Waals surface area contributed by atoms with Gasteiger partial charge in [-0.15, -0.1) is 0 Å². The first-order chi connectivity index (χ1) is 13.1. The predicted octanol–water partition coefficient (Wildman–Crippen LogP) is 3.83. The first-order valence-corrected chi connectivity index (χ1v) is 8.72. The molecule has 27 heavy (non-hydrogen) atoms. The monoisotopic (exact) mass is 423 g/mol. The molecular weight excluding hydrogens is 410 g/mol. The maximum atomic E-state index is 12.1. The van der Waals surface area contributed by atoms with Crippen molar-refractivity contribution in [3.63, 3.8) is 0 Å². The van der Waals surface area contributed by atoms with E-state index in [2.05, 4.69) is 31.4 Å². The molecule has 0 atom stereocenters. The van der Waals surface area contributed by atoms with E-state index in [1.807, 2.05) is 0 Å². The van der Waals surface area contributed by atoms with Gasteiger partial charge in [0.15, 0.2) is 0 Å². The highest BCUT2D eigenvalue weighted by Gasteiger charge is 2.08. The molecule has 1 heterocycles. The number of carbonyl (C=O) groups excluding carboxylic acids is 2. The molecule has 1 amide bonds. The number of hydrogen-bond acceptors (Lipinski definition) is 5. The van der Waals surface area contributed by atoms with Crippen LogP contribution in [0.1, 0.15) is 26.3 Å². The third kappa shape index (κ3) is 5.32. The van der Waals surface area contributed by atoms with Crippen LogP contribution in [0.4, 0.5) is 0 Å². The highest BCUT2D eigenvalue weighted by molar-refractivity contribution is 9.10. The summed E-state index contributed by atoms with van der Waals surface area (Å²) in [5.74, 6) is -0.344. The van der Waals surface area contributed by atoms with Crippen LogP contribution in [0.3, 0.4) is 0 Å². The topological polar surface area (TPSA) is 80.6 Å². The molecule has 0 spiro atoms. The van der Waals surface area contributed by atoms with E-state index in [9.17, 15) is 9.59 Å². The summed E-state index contributed by atoms with van der Waals surface area (Å²) < 4.78 is 6.21. The Labute approximate surface area is 164 Å². The minimum Gasteiger partial charge on any atom is -0.423 e. The van der Waals surface area contributed by atoms with Gasteiger partial charge in [-0.2, -0.15) is 5.10 Å². The molecule has 7 heteroatoms.